The smallest absolute Gasteiger partial charge is 0.308 e. The number of piperazine rings is 2. The summed E-state index contributed by atoms with van der Waals surface area (Å²) >= 11 is 0. The Bertz CT molecular complexity index is 1320. The maximum Gasteiger partial charge on any atom is 0.308 e. The minimum Gasteiger partial charge on any atom is -0.507 e. The summed E-state index contributed by atoms with van der Waals surface area (Å²) in [5, 5.41) is 22.5. The average molecular weight is 562 g/mol. The Balaban J connectivity index is 0.893. The lowest BCUT2D eigenvalue weighted by atomic mass is 9.49. The van der Waals surface area contributed by atoms with Crippen molar-refractivity contribution in [3.63, 3.8) is 0 Å². The number of hydrogen-bond acceptors (Lipinski definition) is 10. The quantitative estimate of drug-likeness (QED) is 0.522. The minimum absolute atomic E-state index is 0.0511. The van der Waals surface area contributed by atoms with Crippen molar-refractivity contribution in [2.75, 3.05) is 76.2 Å². The molecule has 7 rings (SSSR count). The minimum atomic E-state index is -0.0511. The van der Waals surface area contributed by atoms with Crippen molar-refractivity contribution < 1.29 is 19.4 Å². The lowest BCUT2D eigenvalue weighted by Crippen LogP contribution is -2.62. The van der Waals surface area contributed by atoms with Gasteiger partial charge < -0.3 is 25.0 Å². The van der Waals surface area contributed by atoms with Crippen molar-refractivity contribution in [3.05, 3.63) is 30.3 Å². The summed E-state index contributed by atoms with van der Waals surface area (Å²) in [6.45, 7) is 7.09. The molecule has 1 spiro atoms. The summed E-state index contributed by atoms with van der Waals surface area (Å²) in [5.74, 6) is 1.23. The van der Waals surface area contributed by atoms with Crippen LogP contribution in [0.25, 0.3) is 11.3 Å². The first-order valence-electron chi connectivity index (χ1n) is 14.9. The highest BCUT2D eigenvalue weighted by Crippen LogP contribution is 2.60. The molecule has 4 heterocycles. The Morgan fingerprint density at radius 3 is 2.56 bits per heavy atom. The van der Waals surface area contributed by atoms with E-state index in [0.29, 0.717) is 29.3 Å². The largest absolute Gasteiger partial charge is 0.507 e. The van der Waals surface area contributed by atoms with Crippen LogP contribution in [0, 0.1) is 11.3 Å². The van der Waals surface area contributed by atoms with Gasteiger partial charge >= 0.3 is 5.97 Å². The summed E-state index contributed by atoms with van der Waals surface area (Å²) in [6, 6.07) is 10.0. The Labute approximate surface area is 240 Å². The summed E-state index contributed by atoms with van der Waals surface area (Å²) in [5.41, 5.74) is 2.68. The monoisotopic (exact) mass is 561 g/mol. The van der Waals surface area contributed by atoms with Crippen molar-refractivity contribution in [2.45, 2.75) is 37.8 Å². The molecule has 4 fully saturated rings. The molecule has 0 unspecified atom stereocenters. The number of rotatable bonds is 5. The number of carbonyl (C=O) groups is 2. The van der Waals surface area contributed by atoms with Gasteiger partial charge in [0.2, 0.25) is 5.91 Å². The van der Waals surface area contributed by atoms with Gasteiger partial charge in [-0.3, -0.25) is 19.4 Å². The maximum absolute atomic E-state index is 13.3. The number of phenols is 1. The van der Waals surface area contributed by atoms with Gasteiger partial charge in [-0.25, -0.2) is 0 Å². The summed E-state index contributed by atoms with van der Waals surface area (Å²) in [4.78, 5) is 34.2. The Morgan fingerprint density at radius 2 is 1.80 bits per heavy atom. The Kier molecular flexibility index (Phi) is 6.73. The number of ether oxygens (including phenoxy) is 1. The molecule has 2 aliphatic carbocycles. The number of anilines is 2. The molecule has 1 aromatic carbocycles. The number of methoxy groups -OCH3 is 1. The number of nitrogens with zero attached hydrogens (tertiary/aromatic N) is 6. The number of para-hydroxylation sites is 1. The van der Waals surface area contributed by atoms with Crippen LogP contribution < -0.4 is 10.2 Å². The number of aromatic hydroxyl groups is 1. The standard InChI is InChI=1S/C30H39N7O4/c1-41-29(40)20-13-30(14-20)15-21(16-30)35-7-9-36(10-8-35)27(39)19-34-6-11-37-22(18-34)17-31-28-25(37)12-24(32-33-28)23-4-2-3-5-26(23)38/h2-5,12,20-22,38H,6-11,13-19H2,1H3,(H,31,33)/t20-,21-,22-,30?/m0/s1. The lowest BCUT2D eigenvalue weighted by molar-refractivity contribution is -0.164. The predicted octanol–water partition coefficient (Wildman–Crippen LogP) is 1.64. The van der Waals surface area contributed by atoms with Gasteiger partial charge in [-0.15, -0.1) is 10.2 Å². The third kappa shape index (κ3) is 4.88. The molecular formula is C30H39N7O4. The second-order valence-corrected chi connectivity index (χ2v) is 12.6. The fourth-order valence-corrected chi connectivity index (χ4v) is 7.80. The van der Waals surface area contributed by atoms with Gasteiger partial charge in [0.05, 0.1) is 37.0 Å². The zero-order valence-electron chi connectivity index (χ0n) is 23.7. The summed E-state index contributed by atoms with van der Waals surface area (Å²) in [6.07, 6.45) is 4.32. The normalized spacial score (nSPS) is 29.5. The number of phenolic OH excluding ortho intramolecular Hbond substituents is 1. The van der Waals surface area contributed by atoms with E-state index in [1.807, 2.05) is 23.1 Å². The zero-order chi connectivity index (χ0) is 28.1. The average Bonchev–Trinajstić information content (AvgIpc) is 2.95. The van der Waals surface area contributed by atoms with Crippen molar-refractivity contribution >= 4 is 23.4 Å². The van der Waals surface area contributed by atoms with Crippen molar-refractivity contribution in [1.29, 1.82) is 0 Å². The lowest BCUT2D eigenvalue weighted by Gasteiger charge is -2.60. The van der Waals surface area contributed by atoms with Crippen LogP contribution in [0.3, 0.4) is 0 Å². The molecule has 41 heavy (non-hydrogen) atoms. The fraction of sp³-hybridized carbons (Fsp3) is 0.600. The number of benzene rings is 1. The van der Waals surface area contributed by atoms with E-state index < -0.39 is 0 Å². The molecule has 0 bridgehead atoms. The fourth-order valence-electron chi connectivity index (χ4n) is 7.80. The first kappa shape index (κ1) is 26.5. The third-order valence-electron chi connectivity index (χ3n) is 10.1. The van der Waals surface area contributed by atoms with Gasteiger partial charge in [0, 0.05) is 64.0 Å². The van der Waals surface area contributed by atoms with E-state index in [4.69, 9.17) is 4.74 Å². The molecule has 0 radical (unpaired) electrons. The number of fused-ring (bicyclic) bond motifs is 3. The van der Waals surface area contributed by atoms with E-state index in [0.717, 1.165) is 76.7 Å². The molecule has 11 heteroatoms. The highest BCUT2D eigenvalue weighted by atomic mass is 16.5. The topological polar surface area (TPSA) is 114 Å². The van der Waals surface area contributed by atoms with Crippen LogP contribution in [-0.4, -0.2) is 120 Å². The van der Waals surface area contributed by atoms with Gasteiger partial charge in [-0.2, -0.15) is 0 Å². The molecule has 2 saturated carbocycles. The summed E-state index contributed by atoms with van der Waals surface area (Å²) in [7, 11) is 1.48. The first-order chi connectivity index (χ1) is 19.9. The van der Waals surface area contributed by atoms with E-state index in [2.05, 4.69) is 30.2 Å². The molecule has 5 aliphatic rings. The van der Waals surface area contributed by atoms with E-state index in [1.165, 1.54) is 20.0 Å². The van der Waals surface area contributed by atoms with E-state index >= 15 is 0 Å². The summed E-state index contributed by atoms with van der Waals surface area (Å²) < 4.78 is 4.90. The molecule has 1 amide bonds. The molecule has 2 aromatic rings. The van der Waals surface area contributed by atoms with E-state index in [9.17, 15) is 14.7 Å². The van der Waals surface area contributed by atoms with Crippen LogP contribution in [0.1, 0.15) is 25.7 Å². The SMILES string of the molecule is COC(=O)[C@H]1CC2(C1)C[C@H](N1CCN(C(=O)CN3CCN4c5cc(-c6ccccc6O)nnc5NC[C@H]4C3)CC1)C2. The molecule has 218 valence electrons. The van der Waals surface area contributed by atoms with Gasteiger partial charge in [-0.05, 0) is 49.3 Å². The zero-order valence-corrected chi connectivity index (χ0v) is 23.7. The molecule has 3 aliphatic heterocycles. The van der Waals surface area contributed by atoms with Gasteiger partial charge in [0.25, 0.3) is 0 Å². The number of nitrogens with one attached hydrogen (secondary N) is 1. The highest BCUT2D eigenvalue weighted by Gasteiger charge is 2.56. The van der Waals surface area contributed by atoms with E-state index in [1.54, 1.807) is 12.1 Å². The molecule has 11 nitrogen and oxygen atoms in total. The van der Waals surface area contributed by atoms with Crippen LogP contribution in [0.4, 0.5) is 11.5 Å². The molecular weight excluding hydrogens is 522 g/mol. The van der Waals surface area contributed by atoms with Crippen LogP contribution in [0.15, 0.2) is 30.3 Å². The van der Waals surface area contributed by atoms with Crippen LogP contribution in [0.2, 0.25) is 0 Å². The van der Waals surface area contributed by atoms with Gasteiger partial charge in [0.1, 0.15) is 5.75 Å². The van der Waals surface area contributed by atoms with E-state index in [-0.39, 0.29) is 29.6 Å². The predicted molar refractivity (Wildman–Crippen MR) is 154 cm³/mol. The van der Waals surface area contributed by atoms with Crippen LogP contribution in [-0.2, 0) is 14.3 Å². The maximum atomic E-state index is 13.3. The first-order valence-corrected chi connectivity index (χ1v) is 14.9. The van der Waals surface area contributed by atoms with Crippen molar-refractivity contribution in [2.24, 2.45) is 11.3 Å². The molecule has 1 atom stereocenters. The second kappa shape index (κ2) is 10.4. The van der Waals surface area contributed by atoms with Gasteiger partial charge in [-0.1, -0.05) is 12.1 Å². The van der Waals surface area contributed by atoms with Gasteiger partial charge in [0.15, 0.2) is 5.82 Å². The molecule has 1 aromatic heterocycles. The number of esters is 1. The number of carbonyl (C=O) groups excluding carboxylic acids is 2. The molecule has 2 N–H and O–H groups in total. The third-order valence-corrected chi connectivity index (χ3v) is 10.1. The van der Waals surface area contributed by atoms with Crippen molar-refractivity contribution in [1.82, 2.24) is 24.9 Å². The highest BCUT2D eigenvalue weighted by molar-refractivity contribution is 5.79. The Hall–Kier alpha value is -3.44. The second-order valence-electron chi connectivity index (χ2n) is 12.6. The number of aromatic nitrogens is 2. The Morgan fingerprint density at radius 1 is 1.02 bits per heavy atom. The van der Waals surface area contributed by atoms with Crippen LogP contribution in [0.5, 0.6) is 5.75 Å². The molecule has 2 saturated heterocycles. The van der Waals surface area contributed by atoms with Crippen molar-refractivity contribution in [3.8, 4) is 17.0 Å². The van der Waals surface area contributed by atoms with Crippen LogP contribution >= 0.6 is 0 Å². The number of hydrogen-bond donors (Lipinski definition) is 2. The number of amides is 1.